The van der Waals surface area contributed by atoms with Gasteiger partial charge in [0, 0.05) is 37.2 Å². The van der Waals surface area contributed by atoms with Crippen LogP contribution in [0.15, 0.2) is 42.9 Å². The number of carbonyl (C=O) groups excluding carboxylic acids is 1. The zero-order valence-electron chi connectivity index (χ0n) is 13.6. The summed E-state index contributed by atoms with van der Waals surface area (Å²) in [4.78, 5) is 20.8. The van der Waals surface area contributed by atoms with Crippen LogP contribution in [0.3, 0.4) is 0 Å². The summed E-state index contributed by atoms with van der Waals surface area (Å²) < 4.78 is 0. The predicted molar refractivity (Wildman–Crippen MR) is 91.7 cm³/mol. The second kappa shape index (κ2) is 7.40. The Balaban J connectivity index is 1.72. The molecular formula is C18H22N4O2. The molecule has 6 heteroatoms. The van der Waals surface area contributed by atoms with Crippen molar-refractivity contribution in [2.45, 2.75) is 31.4 Å². The van der Waals surface area contributed by atoms with E-state index in [0.717, 1.165) is 24.8 Å². The van der Waals surface area contributed by atoms with E-state index in [0.29, 0.717) is 17.3 Å². The largest absolute Gasteiger partial charge is 0.393 e. The zero-order valence-corrected chi connectivity index (χ0v) is 13.6. The molecule has 24 heavy (non-hydrogen) atoms. The van der Waals surface area contributed by atoms with E-state index in [4.69, 9.17) is 0 Å². The number of anilines is 1. The first-order valence-corrected chi connectivity index (χ1v) is 8.17. The van der Waals surface area contributed by atoms with Crippen molar-refractivity contribution in [3.63, 3.8) is 0 Å². The van der Waals surface area contributed by atoms with Crippen LogP contribution >= 0.6 is 0 Å². The van der Waals surface area contributed by atoms with Gasteiger partial charge in [0.1, 0.15) is 5.82 Å². The molecule has 0 aromatic carbocycles. The molecule has 0 aliphatic heterocycles. The highest BCUT2D eigenvalue weighted by molar-refractivity contribution is 5.95. The van der Waals surface area contributed by atoms with E-state index in [1.807, 2.05) is 12.1 Å². The number of pyridine rings is 2. The minimum Gasteiger partial charge on any atom is -0.393 e. The van der Waals surface area contributed by atoms with E-state index in [1.165, 1.54) is 0 Å². The van der Waals surface area contributed by atoms with Gasteiger partial charge in [0.25, 0.3) is 5.91 Å². The Morgan fingerprint density at radius 3 is 2.71 bits per heavy atom. The molecular weight excluding hydrogens is 304 g/mol. The lowest BCUT2D eigenvalue weighted by atomic mass is 9.75. The molecule has 1 amide bonds. The lowest BCUT2D eigenvalue weighted by Crippen LogP contribution is -2.48. The fourth-order valence-corrected chi connectivity index (χ4v) is 3.03. The molecule has 2 heterocycles. The van der Waals surface area contributed by atoms with Crippen molar-refractivity contribution < 1.29 is 9.90 Å². The van der Waals surface area contributed by atoms with Gasteiger partial charge in [-0.25, -0.2) is 4.98 Å². The van der Waals surface area contributed by atoms with Gasteiger partial charge >= 0.3 is 0 Å². The first-order valence-electron chi connectivity index (χ1n) is 8.17. The summed E-state index contributed by atoms with van der Waals surface area (Å²) in [5, 5.41) is 15.7. The molecule has 2 aromatic heterocycles. The van der Waals surface area contributed by atoms with Crippen molar-refractivity contribution in [1.29, 1.82) is 0 Å². The average Bonchev–Trinajstić information content (AvgIpc) is 2.59. The van der Waals surface area contributed by atoms with Crippen LogP contribution in [0, 0.1) is 5.92 Å². The summed E-state index contributed by atoms with van der Waals surface area (Å²) in [5.74, 6) is 0.837. The summed E-state index contributed by atoms with van der Waals surface area (Å²) in [6, 6.07) is 7.35. The Kier molecular flexibility index (Phi) is 5.05. The Morgan fingerprint density at radius 2 is 2.04 bits per heavy atom. The summed E-state index contributed by atoms with van der Waals surface area (Å²) >= 11 is 0. The fraction of sp³-hybridized carbons (Fsp3) is 0.389. The average molecular weight is 326 g/mol. The summed E-state index contributed by atoms with van der Waals surface area (Å²) in [7, 11) is 1.77. The maximum atomic E-state index is 12.6. The van der Waals surface area contributed by atoms with Gasteiger partial charge in [-0.1, -0.05) is 0 Å². The fourth-order valence-electron chi connectivity index (χ4n) is 3.03. The molecule has 1 saturated carbocycles. The number of hydrogen-bond donors (Lipinski definition) is 3. The molecule has 0 bridgehead atoms. The van der Waals surface area contributed by atoms with Crippen LogP contribution in [0.1, 0.15) is 28.8 Å². The van der Waals surface area contributed by atoms with E-state index < -0.39 is 0 Å². The lowest BCUT2D eigenvalue weighted by Gasteiger charge is -2.38. The second-order valence-corrected chi connectivity index (χ2v) is 6.20. The molecule has 1 aliphatic carbocycles. The van der Waals surface area contributed by atoms with Crippen LogP contribution in [-0.2, 0) is 6.42 Å². The number of aromatic nitrogens is 2. The Morgan fingerprint density at radius 1 is 1.29 bits per heavy atom. The van der Waals surface area contributed by atoms with E-state index in [2.05, 4.69) is 20.6 Å². The number of aliphatic hydroxyl groups is 1. The predicted octanol–water partition coefficient (Wildman–Crippen LogP) is 1.63. The van der Waals surface area contributed by atoms with Crippen LogP contribution < -0.4 is 10.6 Å². The zero-order chi connectivity index (χ0) is 16.9. The first-order chi connectivity index (χ1) is 11.7. The Hall–Kier alpha value is -2.47. The van der Waals surface area contributed by atoms with Gasteiger partial charge in [-0.2, -0.15) is 0 Å². The van der Waals surface area contributed by atoms with Crippen LogP contribution in [0.5, 0.6) is 0 Å². The molecule has 0 saturated heterocycles. The molecule has 1 fully saturated rings. The van der Waals surface area contributed by atoms with E-state index in [-0.39, 0.29) is 18.1 Å². The molecule has 1 atom stereocenters. The molecule has 1 aliphatic rings. The normalized spacial score (nSPS) is 20.8. The molecule has 0 radical (unpaired) electrons. The lowest BCUT2D eigenvalue weighted by molar-refractivity contribution is 0.0239. The van der Waals surface area contributed by atoms with E-state index in [1.54, 1.807) is 37.8 Å². The highest BCUT2D eigenvalue weighted by atomic mass is 16.3. The minimum atomic E-state index is -0.247. The highest BCUT2D eigenvalue weighted by Gasteiger charge is 2.34. The number of aliphatic hydroxyl groups excluding tert-OH is 1. The highest BCUT2D eigenvalue weighted by Crippen LogP contribution is 2.31. The number of rotatable bonds is 6. The van der Waals surface area contributed by atoms with Crippen LogP contribution in [0.4, 0.5) is 5.82 Å². The second-order valence-electron chi connectivity index (χ2n) is 6.20. The van der Waals surface area contributed by atoms with Crippen molar-refractivity contribution in [3.05, 3.63) is 54.0 Å². The molecule has 3 N–H and O–H groups in total. The van der Waals surface area contributed by atoms with E-state index >= 15 is 0 Å². The van der Waals surface area contributed by atoms with Gasteiger partial charge in [0.2, 0.25) is 0 Å². The third-order valence-corrected chi connectivity index (χ3v) is 4.52. The molecule has 2 aromatic rings. The topological polar surface area (TPSA) is 87.1 Å². The maximum absolute atomic E-state index is 12.6. The quantitative estimate of drug-likeness (QED) is 0.751. The summed E-state index contributed by atoms with van der Waals surface area (Å²) in [5.41, 5.74) is 1.70. The smallest absolute Gasteiger partial charge is 0.251 e. The van der Waals surface area contributed by atoms with Crippen LogP contribution in [-0.4, -0.2) is 40.2 Å². The molecule has 3 rings (SSSR count). The molecule has 0 spiro atoms. The van der Waals surface area contributed by atoms with Gasteiger partial charge in [0.05, 0.1) is 6.10 Å². The SMILES string of the molecule is CNc1cc(C(=O)N[C@@H](Cc2ccncc2)C2CC(O)C2)ccn1. The minimum absolute atomic E-state index is 0.00509. The standard InChI is InChI=1S/C18H22N4O2/c1-19-17-11-13(4-7-21-17)18(24)22-16(14-9-15(23)10-14)8-12-2-5-20-6-3-12/h2-7,11,14-16,23H,8-10H2,1H3,(H,19,21)(H,22,24)/t14?,15?,16-/m0/s1. The van der Waals surface area contributed by atoms with Gasteiger partial charge in [-0.15, -0.1) is 0 Å². The summed E-state index contributed by atoms with van der Waals surface area (Å²) in [6.07, 6.45) is 7.07. The maximum Gasteiger partial charge on any atom is 0.251 e. The van der Waals surface area contributed by atoms with Gasteiger partial charge in [0.15, 0.2) is 0 Å². The molecule has 0 unspecified atom stereocenters. The number of nitrogens with one attached hydrogen (secondary N) is 2. The van der Waals surface area contributed by atoms with Crippen molar-refractivity contribution in [3.8, 4) is 0 Å². The Bertz CT molecular complexity index is 686. The monoisotopic (exact) mass is 326 g/mol. The van der Waals surface area contributed by atoms with Crippen LogP contribution in [0.2, 0.25) is 0 Å². The van der Waals surface area contributed by atoms with Gasteiger partial charge in [-0.3, -0.25) is 9.78 Å². The van der Waals surface area contributed by atoms with Crippen molar-refractivity contribution in [1.82, 2.24) is 15.3 Å². The number of amides is 1. The van der Waals surface area contributed by atoms with Crippen molar-refractivity contribution in [2.24, 2.45) is 5.92 Å². The molecule has 6 nitrogen and oxygen atoms in total. The number of carbonyl (C=O) groups is 1. The van der Waals surface area contributed by atoms with Gasteiger partial charge in [-0.05, 0) is 55.0 Å². The van der Waals surface area contributed by atoms with Crippen LogP contribution in [0.25, 0.3) is 0 Å². The van der Waals surface area contributed by atoms with Gasteiger partial charge < -0.3 is 15.7 Å². The third kappa shape index (κ3) is 3.89. The van der Waals surface area contributed by atoms with Crippen molar-refractivity contribution in [2.75, 3.05) is 12.4 Å². The van der Waals surface area contributed by atoms with Crippen molar-refractivity contribution >= 4 is 11.7 Å². The number of hydrogen-bond acceptors (Lipinski definition) is 5. The van der Waals surface area contributed by atoms with E-state index in [9.17, 15) is 9.90 Å². The third-order valence-electron chi connectivity index (χ3n) is 4.52. The Labute approximate surface area is 141 Å². The summed E-state index contributed by atoms with van der Waals surface area (Å²) in [6.45, 7) is 0. The molecule has 126 valence electrons. The number of nitrogens with zero attached hydrogens (tertiary/aromatic N) is 2. The first kappa shape index (κ1) is 16.4.